The van der Waals surface area contributed by atoms with E-state index in [1.54, 1.807) is 0 Å². The first-order chi connectivity index (χ1) is 9.22. The molecule has 3 heteroatoms. The minimum absolute atomic E-state index is 0.188. The van der Waals surface area contributed by atoms with Crippen LogP contribution in [0.25, 0.3) is 0 Å². The molecule has 0 spiro atoms. The molecule has 3 nitrogen and oxygen atoms in total. The van der Waals surface area contributed by atoms with Crippen molar-refractivity contribution in [2.75, 3.05) is 0 Å². The monoisotopic (exact) mass is 264 g/mol. The smallest absolute Gasteiger partial charge is 0.306 e. The third-order valence-corrected chi connectivity index (χ3v) is 3.05. The normalized spacial score (nSPS) is 12.1. The fourth-order valence-electron chi connectivity index (χ4n) is 1.88. The maximum absolute atomic E-state index is 11.5. The van der Waals surface area contributed by atoms with Gasteiger partial charge >= 0.3 is 5.97 Å². The summed E-state index contributed by atoms with van der Waals surface area (Å²) in [5.74, 6) is -0.188. The fourth-order valence-corrected chi connectivity index (χ4v) is 1.88. The van der Waals surface area contributed by atoms with Crippen molar-refractivity contribution in [1.82, 2.24) is 0 Å². The predicted octanol–water partition coefficient (Wildman–Crippen LogP) is 3.45. The fraction of sp³-hybridized carbons (Fsp3) is 0.562. The van der Waals surface area contributed by atoms with Crippen molar-refractivity contribution < 1.29 is 14.6 Å². The Balaban J connectivity index is 2.08. The van der Waals surface area contributed by atoms with Gasteiger partial charge < -0.3 is 9.84 Å². The van der Waals surface area contributed by atoms with Crippen LogP contribution in [0.5, 0.6) is 0 Å². The van der Waals surface area contributed by atoms with E-state index in [-0.39, 0.29) is 12.1 Å². The molecule has 0 heterocycles. The van der Waals surface area contributed by atoms with Gasteiger partial charge in [-0.15, -0.1) is 0 Å². The molecule has 0 fully saturated rings. The molecule has 0 aliphatic carbocycles. The van der Waals surface area contributed by atoms with Crippen molar-refractivity contribution in [2.45, 2.75) is 58.2 Å². The molecule has 0 saturated carbocycles. The number of carbonyl (C=O) groups excluding carboxylic acids is 1. The lowest BCUT2D eigenvalue weighted by Crippen LogP contribution is -2.09. The van der Waals surface area contributed by atoms with Crippen LogP contribution in [-0.4, -0.2) is 17.2 Å². The molecule has 0 aliphatic heterocycles. The highest BCUT2D eigenvalue weighted by Crippen LogP contribution is 2.09. The number of unbranched alkanes of at least 4 members (excludes halogenated alkanes) is 1. The van der Waals surface area contributed by atoms with Crippen molar-refractivity contribution in [2.24, 2.45) is 0 Å². The van der Waals surface area contributed by atoms with Gasteiger partial charge in [-0.05, 0) is 24.8 Å². The zero-order valence-corrected chi connectivity index (χ0v) is 11.7. The van der Waals surface area contributed by atoms with E-state index in [1.807, 2.05) is 30.3 Å². The number of benzene rings is 1. The van der Waals surface area contributed by atoms with Crippen LogP contribution in [0.2, 0.25) is 0 Å². The van der Waals surface area contributed by atoms with E-state index in [0.717, 1.165) is 24.8 Å². The number of hydrogen-bond donors (Lipinski definition) is 1. The Morgan fingerprint density at radius 2 is 1.89 bits per heavy atom. The Bertz CT molecular complexity index is 348. The van der Waals surface area contributed by atoms with Crippen LogP contribution in [0.3, 0.4) is 0 Å². The molecule has 106 valence electrons. The van der Waals surface area contributed by atoms with Gasteiger partial charge in [0.05, 0.1) is 6.10 Å². The van der Waals surface area contributed by atoms with Crippen LogP contribution in [0, 0.1) is 0 Å². The number of esters is 1. The van der Waals surface area contributed by atoms with Gasteiger partial charge in [0.25, 0.3) is 0 Å². The zero-order valence-electron chi connectivity index (χ0n) is 11.7. The van der Waals surface area contributed by atoms with Crippen molar-refractivity contribution in [3.8, 4) is 0 Å². The lowest BCUT2D eigenvalue weighted by molar-refractivity contribution is -0.145. The van der Waals surface area contributed by atoms with Gasteiger partial charge in [0.15, 0.2) is 0 Å². The molecule has 1 rings (SSSR count). The summed E-state index contributed by atoms with van der Waals surface area (Å²) in [5, 5.41) is 9.65. The highest BCUT2D eigenvalue weighted by Gasteiger charge is 2.07. The van der Waals surface area contributed by atoms with Gasteiger partial charge in [-0.25, -0.2) is 0 Å². The molecule has 0 aromatic heterocycles. The summed E-state index contributed by atoms with van der Waals surface area (Å²) in [6, 6.07) is 9.65. The summed E-state index contributed by atoms with van der Waals surface area (Å²) < 4.78 is 5.17. The molecule has 0 bridgehead atoms. The molecule has 0 amide bonds. The van der Waals surface area contributed by atoms with Gasteiger partial charge in [-0.2, -0.15) is 0 Å². The third kappa shape index (κ3) is 7.62. The van der Waals surface area contributed by atoms with Gasteiger partial charge in [0, 0.05) is 6.42 Å². The SMILES string of the molecule is CCCC[C@@H](O)CCCC(=O)OCc1ccccc1. The lowest BCUT2D eigenvalue weighted by Gasteiger charge is -2.09. The van der Waals surface area contributed by atoms with E-state index in [0.29, 0.717) is 25.9 Å². The molecular formula is C16H24O3. The number of ether oxygens (including phenoxy) is 1. The minimum Gasteiger partial charge on any atom is -0.461 e. The largest absolute Gasteiger partial charge is 0.461 e. The number of carbonyl (C=O) groups is 1. The Labute approximate surface area is 115 Å². The predicted molar refractivity (Wildman–Crippen MR) is 75.6 cm³/mol. The number of rotatable bonds is 9. The molecule has 0 saturated heterocycles. The summed E-state index contributed by atoms with van der Waals surface area (Å²) in [7, 11) is 0. The first kappa shape index (κ1) is 15.7. The highest BCUT2D eigenvalue weighted by atomic mass is 16.5. The van der Waals surface area contributed by atoms with Crippen molar-refractivity contribution in [3.05, 3.63) is 35.9 Å². The van der Waals surface area contributed by atoms with Crippen molar-refractivity contribution >= 4 is 5.97 Å². The van der Waals surface area contributed by atoms with Crippen molar-refractivity contribution in [3.63, 3.8) is 0 Å². The summed E-state index contributed by atoms with van der Waals surface area (Å²) in [5.41, 5.74) is 0.999. The molecule has 0 unspecified atom stereocenters. The number of aliphatic hydroxyl groups excluding tert-OH is 1. The van der Waals surface area contributed by atoms with Crippen LogP contribution in [0.1, 0.15) is 51.0 Å². The molecule has 1 N–H and O–H groups in total. The van der Waals surface area contributed by atoms with E-state index in [4.69, 9.17) is 4.74 Å². The second kappa shape index (κ2) is 9.56. The molecule has 0 radical (unpaired) electrons. The molecule has 0 aliphatic rings. The van der Waals surface area contributed by atoms with Crippen LogP contribution >= 0.6 is 0 Å². The quantitative estimate of drug-likeness (QED) is 0.695. The van der Waals surface area contributed by atoms with E-state index in [1.165, 1.54) is 0 Å². The maximum atomic E-state index is 11.5. The molecule has 19 heavy (non-hydrogen) atoms. The van der Waals surface area contributed by atoms with Gasteiger partial charge in [-0.3, -0.25) is 4.79 Å². The Kier molecular flexibility index (Phi) is 7.91. The van der Waals surface area contributed by atoms with Gasteiger partial charge in [0.2, 0.25) is 0 Å². The Morgan fingerprint density at radius 3 is 2.58 bits per heavy atom. The van der Waals surface area contributed by atoms with E-state index in [9.17, 15) is 9.90 Å². The third-order valence-electron chi connectivity index (χ3n) is 3.05. The van der Waals surface area contributed by atoms with E-state index in [2.05, 4.69) is 6.92 Å². The standard InChI is InChI=1S/C16H24O3/c1-2-3-10-15(17)11-7-12-16(18)19-13-14-8-5-4-6-9-14/h4-6,8-9,15,17H,2-3,7,10-13H2,1H3/t15-/m1/s1. The zero-order chi connectivity index (χ0) is 13.9. The van der Waals surface area contributed by atoms with Crippen molar-refractivity contribution in [1.29, 1.82) is 0 Å². The van der Waals surface area contributed by atoms with Crippen LogP contribution in [0.4, 0.5) is 0 Å². The number of aliphatic hydroxyl groups is 1. The van der Waals surface area contributed by atoms with Gasteiger partial charge in [0.1, 0.15) is 6.61 Å². The molecule has 1 aromatic rings. The molecule has 1 aromatic carbocycles. The van der Waals surface area contributed by atoms with E-state index < -0.39 is 0 Å². The minimum atomic E-state index is -0.276. The second-order valence-electron chi connectivity index (χ2n) is 4.83. The molecular weight excluding hydrogens is 240 g/mol. The van der Waals surface area contributed by atoms with Crippen LogP contribution in [0.15, 0.2) is 30.3 Å². The van der Waals surface area contributed by atoms with E-state index >= 15 is 0 Å². The first-order valence-corrected chi connectivity index (χ1v) is 7.10. The Morgan fingerprint density at radius 1 is 1.21 bits per heavy atom. The maximum Gasteiger partial charge on any atom is 0.306 e. The number of hydrogen-bond acceptors (Lipinski definition) is 3. The Hall–Kier alpha value is -1.35. The van der Waals surface area contributed by atoms with Crippen LogP contribution in [-0.2, 0) is 16.1 Å². The van der Waals surface area contributed by atoms with Gasteiger partial charge in [-0.1, -0.05) is 50.1 Å². The van der Waals surface area contributed by atoms with Crippen LogP contribution < -0.4 is 0 Å². The first-order valence-electron chi connectivity index (χ1n) is 7.10. The average Bonchev–Trinajstić information content (AvgIpc) is 2.44. The summed E-state index contributed by atoms with van der Waals surface area (Å²) >= 11 is 0. The average molecular weight is 264 g/mol. The second-order valence-corrected chi connectivity index (χ2v) is 4.83. The summed E-state index contributed by atoms with van der Waals surface area (Å²) in [6.45, 7) is 2.44. The summed E-state index contributed by atoms with van der Waals surface area (Å²) in [4.78, 5) is 11.5. The molecule has 1 atom stereocenters. The summed E-state index contributed by atoms with van der Waals surface area (Å²) in [6.07, 6.45) is 4.45. The topological polar surface area (TPSA) is 46.5 Å². The highest BCUT2D eigenvalue weighted by molar-refractivity contribution is 5.69. The lowest BCUT2D eigenvalue weighted by atomic mass is 10.1.